The minimum atomic E-state index is -2.85. The van der Waals surface area contributed by atoms with Crippen LogP contribution in [0.1, 0.15) is 22.3 Å². The molecule has 0 aliphatic rings. The molecule has 0 spiro atoms. The molecule has 0 bridgehead atoms. The highest BCUT2D eigenvalue weighted by molar-refractivity contribution is 9.10. The Balaban J connectivity index is 3.34. The fourth-order valence-corrected chi connectivity index (χ4v) is 1.35. The van der Waals surface area contributed by atoms with Gasteiger partial charge in [0.25, 0.3) is 11.7 Å². The maximum Gasteiger partial charge on any atom is 0.266 e. The van der Waals surface area contributed by atoms with E-state index in [4.69, 9.17) is 11.6 Å². The first-order valence-corrected chi connectivity index (χ1v) is 4.44. The number of hydrogen-bond acceptors (Lipinski definition) is 2. The number of carbonyl (C=O) groups excluding carboxylic acids is 1. The molecule has 0 saturated heterocycles. The summed E-state index contributed by atoms with van der Waals surface area (Å²) in [4.78, 5) is 13.7. The van der Waals surface area contributed by atoms with Crippen LogP contribution in [0.2, 0.25) is 0 Å². The van der Waals surface area contributed by atoms with Crippen LogP contribution in [0.25, 0.3) is 0 Å². The van der Waals surface area contributed by atoms with Gasteiger partial charge >= 0.3 is 0 Å². The molecule has 14 heavy (non-hydrogen) atoms. The van der Waals surface area contributed by atoms with Crippen LogP contribution in [-0.4, -0.2) is 10.2 Å². The van der Waals surface area contributed by atoms with Gasteiger partial charge < -0.3 is 0 Å². The molecule has 0 aliphatic carbocycles. The zero-order chi connectivity index (χ0) is 10.9. The van der Waals surface area contributed by atoms with E-state index < -0.39 is 28.7 Å². The van der Waals surface area contributed by atoms with Crippen molar-refractivity contribution in [2.45, 2.75) is 6.43 Å². The van der Waals surface area contributed by atoms with E-state index in [1.807, 2.05) is 0 Å². The predicted molar refractivity (Wildman–Crippen MR) is 47.0 cm³/mol. The van der Waals surface area contributed by atoms with Crippen LogP contribution in [-0.2, 0) is 0 Å². The van der Waals surface area contributed by atoms with E-state index in [0.29, 0.717) is 6.07 Å². The molecule has 2 nitrogen and oxygen atoms in total. The first-order valence-electron chi connectivity index (χ1n) is 3.27. The molecule has 0 fully saturated rings. The third-order valence-electron chi connectivity index (χ3n) is 1.40. The summed E-state index contributed by atoms with van der Waals surface area (Å²) in [6.45, 7) is 0. The van der Waals surface area contributed by atoms with Crippen molar-refractivity contribution < 1.29 is 18.0 Å². The van der Waals surface area contributed by atoms with E-state index in [1.165, 1.54) is 0 Å². The topological polar surface area (TPSA) is 30.0 Å². The van der Waals surface area contributed by atoms with E-state index in [2.05, 4.69) is 20.9 Å². The average molecular weight is 288 g/mol. The number of carbonyl (C=O) groups is 1. The van der Waals surface area contributed by atoms with Crippen molar-refractivity contribution in [3.8, 4) is 0 Å². The maximum absolute atomic E-state index is 12.9. The van der Waals surface area contributed by atoms with Crippen LogP contribution in [0, 0.1) is 5.95 Å². The number of rotatable bonds is 2. The first kappa shape index (κ1) is 11.5. The van der Waals surface area contributed by atoms with Gasteiger partial charge in [-0.05, 0) is 33.6 Å². The summed E-state index contributed by atoms with van der Waals surface area (Å²) in [6, 6.07) is 0.673. The molecule has 7 heteroatoms. The highest BCUT2D eigenvalue weighted by Crippen LogP contribution is 2.27. The Labute approximate surface area is 90.2 Å². The zero-order valence-corrected chi connectivity index (χ0v) is 8.74. The maximum atomic E-state index is 12.9. The fraction of sp³-hybridized carbons (Fsp3) is 0.143. The molecule has 0 unspecified atom stereocenters. The lowest BCUT2D eigenvalue weighted by atomic mass is 10.2. The Kier molecular flexibility index (Phi) is 3.49. The van der Waals surface area contributed by atoms with Crippen molar-refractivity contribution in [1.29, 1.82) is 0 Å². The van der Waals surface area contributed by atoms with Crippen LogP contribution < -0.4 is 0 Å². The molecule has 0 atom stereocenters. The lowest BCUT2D eigenvalue weighted by Crippen LogP contribution is -2.02. The molecule has 1 aromatic heterocycles. The lowest BCUT2D eigenvalue weighted by molar-refractivity contribution is 0.107. The third kappa shape index (κ3) is 2.24. The number of alkyl halides is 2. The van der Waals surface area contributed by atoms with Gasteiger partial charge in [-0.3, -0.25) is 4.79 Å². The van der Waals surface area contributed by atoms with E-state index >= 15 is 0 Å². The normalized spacial score (nSPS) is 10.7. The Morgan fingerprint density at radius 2 is 2.14 bits per heavy atom. The number of nitrogens with zero attached hydrogens (tertiary/aromatic N) is 1. The fourth-order valence-electron chi connectivity index (χ4n) is 0.776. The SMILES string of the molecule is O=C(Cl)c1cc(C(F)F)c(Br)nc1F. The van der Waals surface area contributed by atoms with Gasteiger partial charge in [0.05, 0.1) is 11.1 Å². The van der Waals surface area contributed by atoms with Gasteiger partial charge in [0.2, 0.25) is 5.95 Å². The van der Waals surface area contributed by atoms with Gasteiger partial charge in [-0.15, -0.1) is 0 Å². The monoisotopic (exact) mass is 287 g/mol. The molecule has 0 aliphatic heterocycles. The van der Waals surface area contributed by atoms with Crippen LogP contribution in [0.4, 0.5) is 13.2 Å². The van der Waals surface area contributed by atoms with Crippen molar-refractivity contribution >= 4 is 32.8 Å². The molecule has 0 radical (unpaired) electrons. The number of aromatic nitrogens is 1. The average Bonchev–Trinajstić information content (AvgIpc) is 2.02. The molecule has 0 amide bonds. The Morgan fingerprint density at radius 3 is 2.57 bits per heavy atom. The summed E-state index contributed by atoms with van der Waals surface area (Å²) in [6.07, 6.45) is -2.85. The summed E-state index contributed by atoms with van der Waals surface area (Å²) in [5.41, 5.74) is -1.24. The van der Waals surface area contributed by atoms with E-state index in [-0.39, 0.29) is 4.60 Å². The van der Waals surface area contributed by atoms with Gasteiger partial charge in [0.15, 0.2) is 0 Å². The van der Waals surface area contributed by atoms with Crippen molar-refractivity contribution in [3.05, 3.63) is 27.7 Å². The standard InChI is InChI=1S/C7H2BrClF3NO/c8-4-2(6(10)11)1-3(5(9)14)7(12)13-4/h1,6H. The molecule has 0 aromatic carbocycles. The Hall–Kier alpha value is -0.620. The van der Waals surface area contributed by atoms with Gasteiger partial charge in [0, 0.05) is 0 Å². The van der Waals surface area contributed by atoms with Crippen LogP contribution >= 0.6 is 27.5 Å². The van der Waals surface area contributed by atoms with E-state index in [1.54, 1.807) is 0 Å². The first-order chi connectivity index (χ1) is 6.43. The Bertz CT molecular complexity index is 385. The molecular formula is C7H2BrClF3NO. The molecule has 1 aromatic rings. The summed E-state index contributed by atoms with van der Waals surface area (Å²) in [5.74, 6) is -1.18. The lowest BCUT2D eigenvalue weighted by Gasteiger charge is -2.04. The summed E-state index contributed by atoms with van der Waals surface area (Å²) < 4.78 is 37.0. The highest BCUT2D eigenvalue weighted by Gasteiger charge is 2.19. The summed E-state index contributed by atoms with van der Waals surface area (Å²) in [7, 11) is 0. The van der Waals surface area contributed by atoms with E-state index in [0.717, 1.165) is 0 Å². The predicted octanol–water partition coefficient (Wildman–Crippen LogP) is 3.30. The minimum absolute atomic E-state index is 0.341. The third-order valence-corrected chi connectivity index (χ3v) is 2.24. The summed E-state index contributed by atoms with van der Waals surface area (Å²) in [5, 5.41) is -1.16. The highest BCUT2D eigenvalue weighted by atomic mass is 79.9. The second-order valence-electron chi connectivity index (χ2n) is 2.28. The molecule has 76 valence electrons. The zero-order valence-electron chi connectivity index (χ0n) is 6.40. The second kappa shape index (κ2) is 4.27. The van der Waals surface area contributed by atoms with Gasteiger partial charge in [-0.2, -0.15) is 4.39 Å². The molecule has 0 saturated carbocycles. The number of hydrogen-bond donors (Lipinski definition) is 0. The van der Waals surface area contributed by atoms with E-state index in [9.17, 15) is 18.0 Å². The van der Waals surface area contributed by atoms with Crippen molar-refractivity contribution in [2.24, 2.45) is 0 Å². The second-order valence-corrected chi connectivity index (χ2v) is 3.38. The smallest absolute Gasteiger partial charge is 0.266 e. The van der Waals surface area contributed by atoms with Crippen molar-refractivity contribution in [1.82, 2.24) is 4.98 Å². The van der Waals surface area contributed by atoms with Crippen LogP contribution in [0.3, 0.4) is 0 Å². The largest absolute Gasteiger partial charge is 0.275 e. The Morgan fingerprint density at radius 1 is 1.57 bits per heavy atom. The van der Waals surface area contributed by atoms with Crippen LogP contribution in [0.15, 0.2) is 10.7 Å². The quantitative estimate of drug-likeness (QED) is 0.617. The molecule has 0 N–H and O–H groups in total. The molecule has 1 heterocycles. The molecule has 1 rings (SSSR count). The van der Waals surface area contributed by atoms with Gasteiger partial charge in [0.1, 0.15) is 4.60 Å². The van der Waals surface area contributed by atoms with Gasteiger partial charge in [-0.1, -0.05) is 0 Å². The van der Waals surface area contributed by atoms with Crippen molar-refractivity contribution in [3.63, 3.8) is 0 Å². The number of pyridine rings is 1. The molecular weight excluding hydrogens is 286 g/mol. The minimum Gasteiger partial charge on any atom is -0.275 e. The number of halogens is 5. The van der Waals surface area contributed by atoms with Crippen LogP contribution in [0.5, 0.6) is 0 Å². The van der Waals surface area contributed by atoms with Gasteiger partial charge in [-0.25, -0.2) is 13.8 Å². The summed E-state index contributed by atoms with van der Waals surface area (Å²) >= 11 is 7.60. The van der Waals surface area contributed by atoms with Crippen molar-refractivity contribution in [2.75, 3.05) is 0 Å².